The van der Waals surface area contributed by atoms with Crippen LogP contribution in [0.4, 0.5) is 0 Å². The molecule has 38 heavy (non-hydrogen) atoms. The molecule has 3 fully saturated rings. The zero-order valence-electron chi connectivity index (χ0n) is 21.0. The number of carbonyl (C=O) groups is 2. The van der Waals surface area contributed by atoms with Crippen LogP contribution in [-0.4, -0.2) is 79.0 Å². The first kappa shape index (κ1) is 26.2. The fourth-order valence-corrected chi connectivity index (χ4v) is 6.82. The lowest BCUT2D eigenvalue weighted by Gasteiger charge is -2.27. The average Bonchev–Trinajstić information content (AvgIpc) is 3.69. The van der Waals surface area contributed by atoms with Gasteiger partial charge in [-0.2, -0.15) is 4.31 Å². The van der Waals surface area contributed by atoms with E-state index in [1.807, 2.05) is 0 Å². The Kier molecular flexibility index (Phi) is 7.17. The Morgan fingerprint density at radius 2 is 1.79 bits per heavy atom. The number of carbonyl (C=O) groups excluding carboxylic acids is 2. The summed E-state index contributed by atoms with van der Waals surface area (Å²) in [5.41, 5.74) is 0.541. The van der Waals surface area contributed by atoms with Gasteiger partial charge in [0.05, 0.1) is 29.7 Å². The number of rotatable bonds is 7. The molecule has 202 valence electrons. The smallest absolute Gasteiger partial charge is 0.295 e. The van der Waals surface area contributed by atoms with E-state index in [0.717, 1.165) is 25.7 Å². The van der Waals surface area contributed by atoms with Gasteiger partial charge in [-0.15, -0.1) is 0 Å². The van der Waals surface area contributed by atoms with Crippen molar-refractivity contribution in [1.29, 1.82) is 0 Å². The van der Waals surface area contributed by atoms with Crippen LogP contribution in [-0.2, 0) is 24.3 Å². The standard InChI is InChI=1S/C27H30N2O8S/c1-36-22-15-18(8-11-21(22)30)24-23(26(32)27(33)29(24)16-19-5-4-14-37-19)25(31)17-6-9-20(10-7-17)38(34,35)28-12-2-3-13-28/h6-11,15,19,24,30-31H,2-5,12-14,16H2,1H3. The van der Waals surface area contributed by atoms with Crippen LogP contribution < -0.4 is 4.74 Å². The van der Waals surface area contributed by atoms with Crippen molar-refractivity contribution >= 4 is 27.5 Å². The molecule has 2 atom stereocenters. The van der Waals surface area contributed by atoms with Crippen molar-refractivity contribution in [3.05, 3.63) is 59.2 Å². The summed E-state index contributed by atoms with van der Waals surface area (Å²) in [6.07, 6.45) is 2.96. The van der Waals surface area contributed by atoms with Crippen molar-refractivity contribution in [2.75, 3.05) is 33.4 Å². The molecule has 0 aliphatic carbocycles. The van der Waals surface area contributed by atoms with Gasteiger partial charge >= 0.3 is 0 Å². The summed E-state index contributed by atoms with van der Waals surface area (Å²) in [7, 11) is -2.26. The van der Waals surface area contributed by atoms with Crippen molar-refractivity contribution in [2.45, 2.75) is 42.7 Å². The summed E-state index contributed by atoms with van der Waals surface area (Å²) in [5.74, 6) is -2.00. The van der Waals surface area contributed by atoms with Gasteiger partial charge in [-0.25, -0.2) is 8.42 Å². The van der Waals surface area contributed by atoms with Crippen LogP contribution in [0.5, 0.6) is 11.5 Å². The number of aromatic hydroxyl groups is 1. The quantitative estimate of drug-likeness (QED) is 0.310. The van der Waals surface area contributed by atoms with Gasteiger partial charge in [0.15, 0.2) is 11.5 Å². The normalized spacial score (nSPS) is 23.9. The number of amides is 1. The van der Waals surface area contributed by atoms with E-state index in [9.17, 15) is 28.2 Å². The molecule has 2 unspecified atom stereocenters. The van der Waals surface area contributed by atoms with Crippen molar-refractivity contribution in [3.8, 4) is 11.5 Å². The Hall–Kier alpha value is -3.41. The number of likely N-dealkylation sites (tertiary alicyclic amines) is 1. The maximum Gasteiger partial charge on any atom is 0.295 e. The first-order valence-corrected chi connectivity index (χ1v) is 14.0. The number of hydrogen-bond donors (Lipinski definition) is 2. The number of ketones is 1. The number of methoxy groups -OCH3 is 1. The maximum atomic E-state index is 13.3. The molecule has 3 aliphatic rings. The molecule has 2 aromatic carbocycles. The molecule has 0 radical (unpaired) electrons. The second kappa shape index (κ2) is 10.4. The third-order valence-corrected chi connectivity index (χ3v) is 9.23. The molecule has 5 rings (SSSR count). The fourth-order valence-electron chi connectivity index (χ4n) is 5.30. The Morgan fingerprint density at radius 3 is 2.42 bits per heavy atom. The van der Waals surface area contributed by atoms with Crippen LogP contribution in [0.25, 0.3) is 5.76 Å². The van der Waals surface area contributed by atoms with Crippen molar-refractivity contribution in [1.82, 2.24) is 9.21 Å². The first-order valence-electron chi connectivity index (χ1n) is 12.6. The Balaban J connectivity index is 1.56. The van der Waals surface area contributed by atoms with Crippen molar-refractivity contribution < 1.29 is 37.7 Å². The maximum absolute atomic E-state index is 13.3. The van der Waals surface area contributed by atoms with Gasteiger partial charge in [0.25, 0.3) is 11.7 Å². The molecule has 3 aliphatic heterocycles. The van der Waals surface area contributed by atoms with E-state index in [4.69, 9.17) is 9.47 Å². The average molecular weight is 543 g/mol. The van der Waals surface area contributed by atoms with Gasteiger partial charge in [0, 0.05) is 31.8 Å². The van der Waals surface area contributed by atoms with E-state index in [-0.39, 0.29) is 40.2 Å². The van der Waals surface area contributed by atoms with Gasteiger partial charge in [-0.1, -0.05) is 6.07 Å². The monoisotopic (exact) mass is 542 g/mol. The van der Waals surface area contributed by atoms with Gasteiger partial charge in [0.2, 0.25) is 10.0 Å². The number of nitrogens with zero attached hydrogens (tertiary/aromatic N) is 2. The van der Waals surface area contributed by atoms with Gasteiger partial charge in [-0.05, 0) is 67.6 Å². The highest BCUT2D eigenvalue weighted by molar-refractivity contribution is 7.89. The lowest BCUT2D eigenvalue weighted by molar-refractivity contribution is -0.140. The molecule has 0 saturated carbocycles. The molecule has 10 nitrogen and oxygen atoms in total. The van der Waals surface area contributed by atoms with E-state index in [1.165, 1.54) is 52.7 Å². The van der Waals surface area contributed by atoms with Crippen LogP contribution in [0, 0.1) is 0 Å². The van der Waals surface area contributed by atoms with E-state index in [2.05, 4.69) is 0 Å². The third kappa shape index (κ3) is 4.65. The highest BCUT2D eigenvalue weighted by Gasteiger charge is 2.47. The van der Waals surface area contributed by atoms with Gasteiger partial charge < -0.3 is 24.6 Å². The third-order valence-electron chi connectivity index (χ3n) is 7.31. The molecule has 0 bridgehead atoms. The Labute approximate surface area is 221 Å². The number of hydrogen-bond acceptors (Lipinski definition) is 8. The van der Waals surface area contributed by atoms with E-state index >= 15 is 0 Å². The second-order valence-corrected chi connectivity index (χ2v) is 11.6. The van der Waals surface area contributed by atoms with E-state index in [1.54, 1.807) is 6.07 Å². The highest BCUT2D eigenvalue weighted by Crippen LogP contribution is 2.42. The highest BCUT2D eigenvalue weighted by atomic mass is 32.2. The lowest BCUT2D eigenvalue weighted by atomic mass is 9.95. The number of phenolic OH excluding ortho intramolecular Hbond substituents is 1. The molecule has 2 aromatic rings. The summed E-state index contributed by atoms with van der Waals surface area (Å²) >= 11 is 0. The number of benzene rings is 2. The van der Waals surface area contributed by atoms with Crippen LogP contribution in [0.3, 0.4) is 0 Å². The zero-order chi connectivity index (χ0) is 27.0. The molecule has 11 heteroatoms. The van der Waals surface area contributed by atoms with Crippen LogP contribution in [0.15, 0.2) is 52.9 Å². The number of ether oxygens (including phenoxy) is 2. The van der Waals surface area contributed by atoms with Crippen LogP contribution >= 0.6 is 0 Å². The van der Waals surface area contributed by atoms with E-state index in [0.29, 0.717) is 25.3 Å². The summed E-state index contributed by atoms with van der Waals surface area (Å²) in [6.45, 7) is 1.66. The summed E-state index contributed by atoms with van der Waals surface area (Å²) < 4.78 is 38.2. The zero-order valence-corrected chi connectivity index (χ0v) is 21.8. The number of sulfonamides is 1. The Bertz CT molecular complexity index is 1370. The minimum atomic E-state index is -3.65. The van der Waals surface area contributed by atoms with Gasteiger partial charge in [0.1, 0.15) is 5.76 Å². The summed E-state index contributed by atoms with van der Waals surface area (Å²) in [4.78, 5) is 27.9. The van der Waals surface area contributed by atoms with Crippen LogP contribution in [0.1, 0.15) is 42.9 Å². The lowest BCUT2D eigenvalue weighted by Crippen LogP contribution is -2.36. The minimum absolute atomic E-state index is 0.0922. The molecule has 1 amide bonds. The SMILES string of the molecule is COc1cc(C2C(=C(O)c3ccc(S(=O)(=O)N4CCCC4)cc3)C(=O)C(=O)N2CC2CCCO2)ccc1O. The molecule has 0 spiro atoms. The molecule has 3 saturated heterocycles. The number of aliphatic hydroxyl groups excluding tert-OH is 1. The van der Waals surface area contributed by atoms with Crippen molar-refractivity contribution in [2.24, 2.45) is 0 Å². The number of aliphatic hydroxyl groups is 1. The van der Waals surface area contributed by atoms with Gasteiger partial charge in [-0.3, -0.25) is 9.59 Å². The second-order valence-electron chi connectivity index (χ2n) is 9.65. The summed E-state index contributed by atoms with van der Waals surface area (Å²) in [5, 5.41) is 21.4. The fraction of sp³-hybridized carbons (Fsp3) is 0.407. The van der Waals surface area contributed by atoms with E-state index < -0.39 is 33.5 Å². The molecule has 2 N–H and O–H groups in total. The Morgan fingerprint density at radius 1 is 1.08 bits per heavy atom. The minimum Gasteiger partial charge on any atom is -0.507 e. The molecular formula is C27H30N2O8S. The molecular weight excluding hydrogens is 512 g/mol. The topological polar surface area (TPSA) is 134 Å². The number of phenols is 1. The predicted molar refractivity (Wildman–Crippen MR) is 137 cm³/mol. The largest absolute Gasteiger partial charge is 0.507 e. The molecule has 3 heterocycles. The summed E-state index contributed by atoms with van der Waals surface area (Å²) in [6, 6.07) is 9.18. The van der Waals surface area contributed by atoms with Crippen molar-refractivity contribution in [3.63, 3.8) is 0 Å². The first-order chi connectivity index (χ1) is 18.2. The molecule has 0 aromatic heterocycles. The predicted octanol–water partition coefficient (Wildman–Crippen LogP) is 2.79. The number of Topliss-reactive ketones (excluding diaryl/α,β-unsaturated/α-hetero) is 1. The van der Waals surface area contributed by atoms with Crippen LogP contribution in [0.2, 0.25) is 0 Å².